The lowest BCUT2D eigenvalue weighted by molar-refractivity contribution is -0.175. The number of ether oxygens (including phenoxy) is 5. The van der Waals surface area contributed by atoms with Crippen LogP contribution in [0.2, 0.25) is 0 Å². The molecule has 7 aliphatic rings. The first-order valence-corrected chi connectivity index (χ1v) is 39.2. The monoisotopic (exact) mass is 1620 g/mol. The number of hydrogen-bond acceptors (Lipinski definition) is 26. The lowest BCUT2D eigenvalue weighted by Crippen LogP contribution is -2.64. The molecule has 4 saturated heterocycles. The third-order valence-electron chi connectivity index (χ3n) is 21.0. The number of carbonyl (C=O) groups excluding carboxylic acids is 11. The van der Waals surface area contributed by atoms with E-state index in [-0.39, 0.29) is 80.1 Å². The van der Waals surface area contributed by atoms with Crippen molar-refractivity contribution in [1.82, 2.24) is 47.9 Å². The predicted molar refractivity (Wildman–Crippen MR) is 412 cm³/mol. The smallest absolute Gasteiger partial charge is 0.336 e. The van der Waals surface area contributed by atoms with E-state index in [0.717, 1.165) is 18.9 Å². The van der Waals surface area contributed by atoms with Crippen LogP contribution in [0.25, 0.3) is 0 Å². The molecule has 7 aliphatic heterocycles. The number of rotatable bonds is 21. The summed E-state index contributed by atoms with van der Waals surface area (Å²) in [4.78, 5) is 160. The molecule has 0 radical (unpaired) electrons. The minimum absolute atomic E-state index is 0.00320. The number of β-amino-alcohol motifs (C(OH)–C–C–N with tert-alkyl or cyclic N) is 1. The van der Waals surface area contributed by atoms with Crippen molar-refractivity contribution in [3.05, 3.63) is 96.7 Å². The van der Waals surface area contributed by atoms with Gasteiger partial charge < -0.3 is 123 Å². The summed E-state index contributed by atoms with van der Waals surface area (Å²) in [6, 6.07) is -12.0. The van der Waals surface area contributed by atoms with Crippen molar-refractivity contribution in [2.24, 2.45) is 35.3 Å². The molecule has 26 unspecified atom stereocenters. The Morgan fingerprint density at radius 3 is 2.03 bits per heavy atom. The topological polar surface area (TPSA) is 567 Å². The van der Waals surface area contributed by atoms with Gasteiger partial charge in [0.1, 0.15) is 60.8 Å². The van der Waals surface area contributed by atoms with Gasteiger partial charge in [0, 0.05) is 69.1 Å². The van der Waals surface area contributed by atoms with Crippen molar-refractivity contribution < 1.29 is 127 Å². The van der Waals surface area contributed by atoms with Crippen LogP contribution in [0.4, 0.5) is 0 Å². The number of hydrogen-bond donors (Lipinski definition) is 19. The van der Waals surface area contributed by atoms with E-state index in [4.69, 9.17) is 29.4 Å². The molecule has 0 saturated carbocycles. The van der Waals surface area contributed by atoms with E-state index >= 15 is 0 Å². The molecule has 0 aromatic heterocycles. The zero-order valence-electron chi connectivity index (χ0n) is 66.1. The van der Waals surface area contributed by atoms with Gasteiger partial charge in [-0.15, -0.1) is 0 Å². The van der Waals surface area contributed by atoms with E-state index in [9.17, 15) is 103 Å². The van der Waals surface area contributed by atoms with Crippen LogP contribution >= 0.6 is 0 Å². The second-order valence-electron chi connectivity index (χ2n) is 30.4. The number of nitrogens with one attached hydrogen (secondary N) is 9. The Hall–Kier alpha value is -8.76. The molecule has 9 amide bonds. The molecular formula is C79H118N10O26. The van der Waals surface area contributed by atoms with Crippen LogP contribution in [-0.2, 0) is 81.2 Å². The predicted octanol–water partition coefficient (Wildman–Crippen LogP) is -3.27. The van der Waals surface area contributed by atoms with Gasteiger partial charge in [-0.2, -0.15) is 0 Å². The quantitative estimate of drug-likeness (QED) is 0.0232. The number of carbonyl (C=O) groups is 12. The molecule has 26 atom stereocenters. The summed E-state index contributed by atoms with van der Waals surface area (Å²) in [5, 5.41) is 116. The number of aliphatic hydroxyl groups excluding tert-OH is 8. The van der Waals surface area contributed by atoms with Crippen molar-refractivity contribution in [3.63, 3.8) is 0 Å². The number of aliphatic hydroxyl groups is 8. The van der Waals surface area contributed by atoms with Crippen LogP contribution in [-0.4, -0.2) is 284 Å². The molecule has 36 heteroatoms. The van der Waals surface area contributed by atoms with Crippen LogP contribution in [0.15, 0.2) is 96.7 Å². The van der Waals surface area contributed by atoms with Crippen molar-refractivity contribution >= 4 is 70.9 Å². The van der Waals surface area contributed by atoms with Crippen molar-refractivity contribution in [2.45, 2.75) is 260 Å². The van der Waals surface area contributed by atoms with Crippen LogP contribution < -0.4 is 53.6 Å². The lowest BCUT2D eigenvalue weighted by Gasteiger charge is -2.40. The first kappa shape index (κ1) is 95.1. The van der Waals surface area contributed by atoms with Gasteiger partial charge in [-0.05, 0) is 82.8 Å². The highest BCUT2D eigenvalue weighted by atomic mass is 16.6. The van der Waals surface area contributed by atoms with E-state index in [1.54, 1.807) is 35.7 Å². The maximum absolute atomic E-state index is 14.0. The highest BCUT2D eigenvalue weighted by molar-refractivity contribution is 6.06. The normalized spacial score (nSPS) is 34.7. The first-order valence-electron chi connectivity index (χ1n) is 39.2. The molecule has 7 heterocycles. The Balaban J connectivity index is 1.03. The number of esters is 1. The summed E-state index contributed by atoms with van der Waals surface area (Å²) in [6.07, 6.45) is 15.3. The number of carboxylic acid groups (broad SMARTS) is 1. The van der Waals surface area contributed by atoms with Crippen LogP contribution in [0, 0.1) is 29.6 Å². The Morgan fingerprint density at radius 1 is 0.643 bits per heavy atom. The summed E-state index contributed by atoms with van der Waals surface area (Å²) >= 11 is 0. The first-order chi connectivity index (χ1) is 54.5. The third kappa shape index (κ3) is 29.4. The van der Waals surface area contributed by atoms with Gasteiger partial charge in [-0.25, -0.2) is 9.59 Å². The highest BCUT2D eigenvalue weighted by Crippen LogP contribution is 2.39. The largest absolute Gasteiger partial charge is 0.479 e. The van der Waals surface area contributed by atoms with Crippen LogP contribution in [0.1, 0.15) is 126 Å². The number of unbranched alkanes of at least 4 members (excludes halogenated alkanes) is 1. The van der Waals surface area contributed by atoms with Gasteiger partial charge in [-0.3, -0.25) is 47.9 Å². The number of Topliss-reactive ketones (excluding diaryl/α,β-unsaturated/α-hetero) is 1. The van der Waals surface area contributed by atoms with Gasteiger partial charge in [0.2, 0.25) is 47.4 Å². The minimum atomic E-state index is -2.61. The van der Waals surface area contributed by atoms with E-state index < -0.39 is 206 Å². The van der Waals surface area contributed by atoms with Gasteiger partial charge in [0.25, 0.3) is 11.8 Å². The molecule has 0 aromatic rings. The van der Waals surface area contributed by atoms with Gasteiger partial charge >= 0.3 is 11.9 Å². The van der Waals surface area contributed by atoms with Gasteiger partial charge in [0.15, 0.2) is 18.0 Å². The Bertz CT molecular complexity index is 3580. The Labute approximate surface area is 668 Å². The van der Waals surface area contributed by atoms with Gasteiger partial charge in [0.05, 0.1) is 68.0 Å². The molecular weight excluding hydrogens is 1500 g/mol. The number of aliphatic carboxylic acids is 1. The molecule has 0 aliphatic carbocycles. The lowest BCUT2D eigenvalue weighted by atomic mass is 9.85. The second-order valence-corrected chi connectivity index (χ2v) is 30.4. The maximum atomic E-state index is 14.0. The average Bonchev–Trinajstić information content (AvgIpc) is 1.67. The summed E-state index contributed by atoms with van der Waals surface area (Å²) in [6.45, 7) is 10.1. The van der Waals surface area contributed by atoms with E-state index in [1.807, 2.05) is 80.0 Å². The zero-order chi connectivity index (χ0) is 84.9. The van der Waals surface area contributed by atoms with E-state index in [2.05, 4.69) is 44.9 Å². The number of allylic oxidation sites excluding steroid dienone is 7. The van der Waals surface area contributed by atoms with Crippen molar-refractivity contribution in [3.8, 4) is 0 Å². The van der Waals surface area contributed by atoms with Gasteiger partial charge in [-0.1, -0.05) is 120 Å². The summed E-state index contributed by atoms with van der Waals surface area (Å²) in [7, 11) is 0. The maximum Gasteiger partial charge on any atom is 0.336 e. The number of ketones is 1. The standard InChI is InChI=1S/C79H118N10O26/c1-40(2)48-34-53(94)50(39-90)86-74(104)49(85-78(108)66(79(109)110)89-75(105)54(95)38-84-76(106)64(46(8)91)87-77(107)65(88-73(48)103)68(99)69(100)71(80)101)37-83-72(102)45(7)81-31-32-82-62(96)27-19-18-21-41(3)33-42(4)70-58-30-29-47(111-70)22-14-10-9-11-15-23-51(92)67(98)61-35-52(93)43(5)55(113-61)25-20-26-56-44(6)59-36-60(112-56)57(114-59)24-16-12-13-17-28-63(97)115-58/h10,12-17,20,23-24,26,28-30,33,40-41,43-52,54-61,64-70,81,90-93,95,98-100H,9,11,18-19,21-22,25,27,31-32,34-39H2,1-8H3,(H2,80,101)(H,82,96)(H,83,102)(H,84,106)(H,85,108)(H,86,104)(H,87,107)(H,88,103)(H,89,105)(H,109,110)/b13-12-,14-10+,23-15+,24-16+,26-20+,28-17-,42-33+. The molecule has 36 nitrogen and oxygen atoms in total. The molecule has 4 fully saturated rings. The average molecular weight is 1620 g/mol. The zero-order valence-corrected chi connectivity index (χ0v) is 66.1. The van der Waals surface area contributed by atoms with E-state index in [1.165, 1.54) is 26.8 Å². The van der Waals surface area contributed by atoms with Crippen molar-refractivity contribution in [2.75, 3.05) is 32.8 Å². The molecule has 7 bridgehead atoms. The summed E-state index contributed by atoms with van der Waals surface area (Å²) < 4.78 is 31.8. The number of nitrogens with two attached hydrogens (primary N) is 1. The summed E-state index contributed by atoms with van der Waals surface area (Å²) in [5.74, 6) is -17.6. The Morgan fingerprint density at radius 2 is 1.34 bits per heavy atom. The molecule has 7 rings (SSSR count). The molecule has 0 spiro atoms. The number of fused-ring (bicyclic) bond motifs is 13. The van der Waals surface area contributed by atoms with Crippen LogP contribution in [0.3, 0.4) is 0 Å². The molecule has 0 aromatic carbocycles. The Kier molecular flexibility index (Phi) is 38.7. The fraction of sp³-hybridized carbons (Fsp3) is 0.646. The number of primary amides is 1. The third-order valence-corrected chi connectivity index (χ3v) is 21.0. The molecule has 115 heavy (non-hydrogen) atoms. The summed E-state index contributed by atoms with van der Waals surface area (Å²) in [5.41, 5.74) is 5.97. The molecule has 640 valence electrons. The molecule has 20 N–H and O–H groups in total. The number of carboxylic acids is 1. The van der Waals surface area contributed by atoms with Crippen LogP contribution in [0.5, 0.6) is 0 Å². The highest BCUT2D eigenvalue weighted by Gasteiger charge is 2.47. The fourth-order valence-electron chi connectivity index (χ4n) is 13.8. The van der Waals surface area contributed by atoms with Crippen molar-refractivity contribution in [1.29, 1.82) is 0 Å². The van der Waals surface area contributed by atoms with E-state index in [0.29, 0.717) is 44.9 Å². The minimum Gasteiger partial charge on any atom is -0.479 e. The second kappa shape index (κ2) is 46.8. The SMILES string of the molecule is C/C(=C\C(C)CCCCC(=O)NCCNC(C)C(=O)NCC1NC(=O)C(C(=O)O)NC(=O)C(O)CNC(=O)C(C(C)O)NC(=O)C(C(O)C(O)C(N)=O)NC(=O)C(C(C)C)CC(=O)C(CO)NC1=O)C1OC2C=CC1OC(=O)\C=C/C=C\C=C\C1OC3CC1OC(/C=C/CC1OC(CC(O)C1C)C(O)C(O)/C=C/CC/C=C/C2)C3C. The fourth-order valence-corrected chi connectivity index (χ4v) is 13.8. The number of amides is 9.